The van der Waals surface area contributed by atoms with Gasteiger partial charge in [-0.1, -0.05) is 19.3 Å². The van der Waals surface area contributed by atoms with Crippen LogP contribution in [0, 0.1) is 0 Å². The van der Waals surface area contributed by atoms with Crippen LogP contribution in [0.3, 0.4) is 0 Å². The molecule has 1 aliphatic heterocycles. The number of thiazole rings is 1. The van der Waals surface area contributed by atoms with Crippen LogP contribution in [0.5, 0.6) is 0 Å². The molecule has 4 amide bonds. The number of pyridine rings is 1. The first-order valence-corrected chi connectivity index (χ1v) is 10.1. The highest BCUT2D eigenvalue weighted by atomic mass is 32.1. The van der Waals surface area contributed by atoms with Gasteiger partial charge in [-0.3, -0.25) is 19.5 Å². The Kier molecular flexibility index (Phi) is 4.84. The maximum Gasteiger partial charge on any atom is 0.327 e. The maximum atomic E-state index is 12.9. The lowest BCUT2D eigenvalue weighted by atomic mass is 9.81. The highest BCUT2D eigenvalue weighted by Crippen LogP contribution is 2.39. The van der Waals surface area contributed by atoms with Crippen molar-refractivity contribution in [2.24, 2.45) is 0 Å². The molecule has 9 heteroatoms. The molecule has 8 nitrogen and oxygen atoms in total. The molecular formula is C19H21N5O3S. The van der Waals surface area contributed by atoms with Crippen LogP contribution in [0.4, 0.5) is 9.93 Å². The Labute approximate surface area is 166 Å². The Bertz CT molecular complexity index is 907. The van der Waals surface area contributed by atoms with Crippen LogP contribution in [0.25, 0.3) is 11.3 Å². The molecule has 146 valence electrons. The average Bonchev–Trinajstić information content (AvgIpc) is 3.25. The first-order valence-electron chi connectivity index (χ1n) is 9.27. The summed E-state index contributed by atoms with van der Waals surface area (Å²) in [5.41, 5.74) is 0.861. The third-order valence-electron chi connectivity index (χ3n) is 5.51. The predicted octanol–water partition coefficient (Wildman–Crippen LogP) is 2.74. The van der Waals surface area contributed by atoms with Crippen LogP contribution in [-0.2, 0) is 9.59 Å². The van der Waals surface area contributed by atoms with Crippen molar-refractivity contribution in [2.75, 3.05) is 18.9 Å². The van der Waals surface area contributed by atoms with Crippen LogP contribution in [0.2, 0.25) is 0 Å². The maximum absolute atomic E-state index is 12.9. The second-order valence-electron chi connectivity index (χ2n) is 7.15. The fraction of sp³-hybridized carbons (Fsp3) is 0.421. The highest BCUT2D eigenvalue weighted by molar-refractivity contribution is 7.14. The van der Waals surface area contributed by atoms with Gasteiger partial charge in [-0.25, -0.2) is 9.78 Å². The van der Waals surface area contributed by atoms with Gasteiger partial charge in [-0.05, 0) is 25.0 Å². The van der Waals surface area contributed by atoms with Gasteiger partial charge in [0, 0.05) is 30.4 Å². The molecule has 0 aromatic carbocycles. The van der Waals surface area contributed by atoms with Crippen molar-refractivity contribution in [2.45, 2.75) is 37.6 Å². The number of rotatable bonds is 4. The summed E-state index contributed by atoms with van der Waals surface area (Å²) in [6.07, 6.45) is 7.58. The summed E-state index contributed by atoms with van der Waals surface area (Å²) in [6, 6.07) is 3.27. The highest BCUT2D eigenvalue weighted by Gasteiger charge is 2.55. The quantitative estimate of drug-likeness (QED) is 0.798. The van der Waals surface area contributed by atoms with E-state index in [1.54, 1.807) is 19.4 Å². The number of urea groups is 1. The number of likely N-dealkylation sites (N-methyl/N-ethyl adjacent to an activating group) is 1. The van der Waals surface area contributed by atoms with Gasteiger partial charge in [0.25, 0.3) is 5.91 Å². The average molecular weight is 399 g/mol. The molecule has 2 aromatic rings. The Morgan fingerprint density at radius 1 is 1.21 bits per heavy atom. The van der Waals surface area contributed by atoms with E-state index in [4.69, 9.17) is 0 Å². The van der Waals surface area contributed by atoms with Crippen LogP contribution < -0.4 is 5.32 Å². The van der Waals surface area contributed by atoms with Gasteiger partial charge in [-0.15, -0.1) is 11.3 Å². The molecule has 1 aliphatic carbocycles. The van der Waals surface area contributed by atoms with Gasteiger partial charge in [0.15, 0.2) is 5.13 Å². The van der Waals surface area contributed by atoms with Gasteiger partial charge < -0.3 is 10.2 Å². The summed E-state index contributed by atoms with van der Waals surface area (Å²) in [4.78, 5) is 49.0. The molecule has 1 spiro atoms. The van der Waals surface area contributed by atoms with E-state index in [0.29, 0.717) is 18.0 Å². The Balaban J connectivity index is 1.43. The smallest absolute Gasteiger partial charge is 0.313 e. The zero-order valence-electron chi connectivity index (χ0n) is 15.6. The number of nitrogens with one attached hydrogen (secondary N) is 1. The van der Waals surface area contributed by atoms with E-state index in [2.05, 4.69) is 15.3 Å². The monoisotopic (exact) mass is 399 g/mol. The number of carbonyl (C=O) groups excluding carboxylic acids is 3. The van der Waals surface area contributed by atoms with Crippen molar-refractivity contribution < 1.29 is 14.4 Å². The summed E-state index contributed by atoms with van der Waals surface area (Å²) >= 11 is 1.29. The zero-order valence-corrected chi connectivity index (χ0v) is 16.4. The zero-order chi connectivity index (χ0) is 19.7. The standard InChI is InChI=1S/C19H21N5O3S/c1-23-18(27)24(16(26)19(23)7-3-2-4-8-19)11-15(25)22-17-21-14(12-28-17)13-5-9-20-10-6-13/h5-6,9-10,12H,2-4,7-8,11H2,1H3,(H,21,22,25). The summed E-state index contributed by atoms with van der Waals surface area (Å²) < 4.78 is 0. The largest absolute Gasteiger partial charge is 0.327 e. The SMILES string of the molecule is CN1C(=O)N(CC(=O)Nc2nc(-c3ccncc3)cs2)C(=O)C12CCCCC2. The van der Waals surface area contributed by atoms with Crippen molar-refractivity contribution in [3.05, 3.63) is 29.9 Å². The van der Waals surface area contributed by atoms with Gasteiger partial charge >= 0.3 is 6.03 Å². The molecular weight excluding hydrogens is 378 g/mol. The Morgan fingerprint density at radius 2 is 1.93 bits per heavy atom. The van der Waals surface area contributed by atoms with Gasteiger partial charge in [0.1, 0.15) is 12.1 Å². The third-order valence-corrected chi connectivity index (χ3v) is 6.27. The Hall–Kier alpha value is -2.81. The molecule has 0 bridgehead atoms. The summed E-state index contributed by atoms with van der Waals surface area (Å²) in [5, 5.41) is 4.96. The minimum Gasteiger partial charge on any atom is -0.313 e. The van der Waals surface area contributed by atoms with E-state index in [1.165, 1.54) is 16.2 Å². The minimum atomic E-state index is -0.773. The fourth-order valence-electron chi connectivity index (χ4n) is 3.96. The number of hydrogen-bond acceptors (Lipinski definition) is 6. The van der Waals surface area contributed by atoms with Gasteiger partial charge in [0.2, 0.25) is 5.91 Å². The lowest BCUT2D eigenvalue weighted by Gasteiger charge is -2.35. The number of amides is 4. The van der Waals surface area contributed by atoms with Crippen LogP contribution >= 0.6 is 11.3 Å². The minimum absolute atomic E-state index is 0.258. The third kappa shape index (κ3) is 3.15. The van der Waals surface area contributed by atoms with E-state index in [1.807, 2.05) is 17.5 Å². The van der Waals surface area contributed by atoms with Crippen LogP contribution in [0.15, 0.2) is 29.9 Å². The van der Waals surface area contributed by atoms with Crippen molar-refractivity contribution >= 4 is 34.3 Å². The van der Waals surface area contributed by atoms with E-state index in [9.17, 15) is 14.4 Å². The molecule has 28 heavy (non-hydrogen) atoms. The first kappa shape index (κ1) is 18.5. The summed E-state index contributed by atoms with van der Waals surface area (Å²) in [5.74, 6) is -0.690. The number of imide groups is 1. The van der Waals surface area contributed by atoms with Gasteiger partial charge in [-0.2, -0.15) is 0 Å². The molecule has 1 N–H and O–H groups in total. The lowest BCUT2D eigenvalue weighted by Crippen LogP contribution is -2.49. The molecule has 0 unspecified atom stereocenters. The van der Waals surface area contributed by atoms with Crippen LogP contribution in [-0.4, -0.2) is 56.7 Å². The van der Waals surface area contributed by atoms with E-state index < -0.39 is 17.5 Å². The normalized spacial score (nSPS) is 18.8. The number of carbonyl (C=O) groups is 3. The van der Waals surface area contributed by atoms with Crippen molar-refractivity contribution in [1.82, 2.24) is 19.8 Å². The predicted molar refractivity (Wildman–Crippen MR) is 105 cm³/mol. The molecule has 4 rings (SSSR count). The number of anilines is 1. The second kappa shape index (κ2) is 7.31. The summed E-state index contributed by atoms with van der Waals surface area (Å²) in [7, 11) is 1.66. The molecule has 1 saturated carbocycles. The van der Waals surface area contributed by atoms with E-state index >= 15 is 0 Å². The number of nitrogens with zero attached hydrogens (tertiary/aromatic N) is 4. The second-order valence-corrected chi connectivity index (χ2v) is 8.01. The molecule has 2 aromatic heterocycles. The molecule has 2 aliphatic rings. The first-order chi connectivity index (χ1) is 13.5. The van der Waals surface area contributed by atoms with E-state index in [-0.39, 0.29) is 12.5 Å². The molecule has 2 fully saturated rings. The topological polar surface area (TPSA) is 95.5 Å². The fourth-order valence-corrected chi connectivity index (χ4v) is 4.70. The summed E-state index contributed by atoms with van der Waals surface area (Å²) in [6.45, 7) is -0.298. The van der Waals surface area contributed by atoms with Crippen molar-refractivity contribution in [3.8, 4) is 11.3 Å². The molecule has 1 saturated heterocycles. The lowest BCUT2D eigenvalue weighted by molar-refractivity contribution is -0.136. The Morgan fingerprint density at radius 3 is 2.64 bits per heavy atom. The number of aromatic nitrogens is 2. The molecule has 0 radical (unpaired) electrons. The van der Waals surface area contributed by atoms with Crippen molar-refractivity contribution in [3.63, 3.8) is 0 Å². The van der Waals surface area contributed by atoms with Gasteiger partial charge in [0.05, 0.1) is 5.69 Å². The van der Waals surface area contributed by atoms with Crippen molar-refractivity contribution in [1.29, 1.82) is 0 Å². The number of hydrogen-bond donors (Lipinski definition) is 1. The molecule has 3 heterocycles. The van der Waals surface area contributed by atoms with E-state index in [0.717, 1.165) is 35.4 Å². The van der Waals surface area contributed by atoms with Crippen LogP contribution in [0.1, 0.15) is 32.1 Å². The molecule has 0 atom stereocenters.